The summed E-state index contributed by atoms with van der Waals surface area (Å²) in [5, 5.41) is 10.6. The number of hydrazine groups is 1. The van der Waals surface area contributed by atoms with Crippen molar-refractivity contribution in [3.8, 4) is 5.75 Å². The van der Waals surface area contributed by atoms with Crippen molar-refractivity contribution in [1.29, 1.82) is 0 Å². The topological polar surface area (TPSA) is 111 Å². The number of carbonyl (C=O) groups is 2. The van der Waals surface area contributed by atoms with Crippen LogP contribution in [0.5, 0.6) is 5.75 Å². The molecule has 0 aliphatic carbocycles. The van der Waals surface area contributed by atoms with Crippen molar-refractivity contribution in [3.05, 3.63) is 74.3 Å². The Labute approximate surface area is 157 Å². The Morgan fingerprint density at radius 3 is 2.42 bits per heavy atom. The van der Waals surface area contributed by atoms with Crippen LogP contribution in [0.3, 0.4) is 0 Å². The number of rotatable bonds is 5. The van der Waals surface area contributed by atoms with Crippen LogP contribution in [0.2, 0.25) is 0 Å². The molecule has 2 rings (SSSR count). The SMILES string of the molecule is COc1ccc(C(=O)NNC(=O)/C=C/c2ccc([N+](=O)[O-])cc2)cc1Br. The van der Waals surface area contributed by atoms with E-state index >= 15 is 0 Å². The fraction of sp³-hybridized carbons (Fsp3) is 0.0588. The van der Waals surface area contributed by atoms with Crippen molar-refractivity contribution in [2.24, 2.45) is 0 Å². The van der Waals surface area contributed by atoms with Gasteiger partial charge in [-0.15, -0.1) is 0 Å². The zero-order valence-corrected chi connectivity index (χ0v) is 15.1. The van der Waals surface area contributed by atoms with E-state index in [2.05, 4.69) is 26.8 Å². The number of amides is 2. The summed E-state index contributed by atoms with van der Waals surface area (Å²) >= 11 is 3.27. The lowest BCUT2D eigenvalue weighted by atomic mass is 10.2. The molecule has 2 N–H and O–H groups in total. The zero-order chi connectivity index (χ0) is 19.1. The summed E-state index contributed by atoms with van der Waals surface area (Å²) in [5.74, 6) is -0.466. The van der Waals surface area contributed by atoms with E-state index < -0.39 is 16.7 Å². The van der Waals surface area contributed by atoms with Crippen LogP contribution in [0.1, 0.15) is 15.9 Å². The number of hydrogen-bond acceptors (Lipinski definition) is 5. The minimum Gasteiger partial charge on any atom is -0.496 e. The van der Waals surface area contributed by atoms with E-state index in [9.17, 15) is 19.7 Å². The highest BCUT2D eigenvalue weighted by atomic mass is 79.9. The lowest BCUT2D eigenvalue weighted by molar-refractivity contribution is -0.384. The minimum absolute atomic E-state index is 0.0375. The number of nitro groups is 1. The highest BCUT2D eigenvalue weighted by molar-refractivity contribution is 9.10. The number of carbonyl (C=O) groups excluding carboxylic acids is 2. The van der Waals surface area contributed by atoms with Crippen LogP contribution in [0.15, 0.2) is 53.0 Å². The first-order valence-electron chi connectivity index (χ1n) is 7.27. The van der Waals surface area contributed by atoms with E-state index in [4.69, 9.17) is 4.74 Å². The Morgan fingerprint density at radius 1 is 1.15 bits per heavy atom. The van der Waals surface area contributed by atoms with Gasteiger partial charge < -0.3 is 4.74 Å². The molecular weight excluding hydrogens is 406 g/mol. The quantitative estimate of drug-likeness (QED) is 0.439. The molecule has 9 heteroatoms. The summed E-state index contributed by atoms with van der Waals surface area (Å²) < 4.78 is 5.69. The molecule has 0 aliphatic heterocycles. The number of halogens is 1. The normalized spacial score (nSPS) is 10.4. The van der Waals surface area contributed by atoms with E-state index in [-0.39, 0.29) is 5.69 Å². The van der Waals surface area contributed by atoms with E-state index in [1.54, 1.807) is 18.2 Å². The van der Waals surface area contributed by atoms with Crippen molar-refractivity contribution in [3.63, 3.8) is 0 Å². The molecule has 0 bridgehead atoms. The number of methoxy groups -OCH3 is 1. The molecule has 0 saturated carbocycles. The molecule has 0 atom stereocenters. The lowest BCUT2D eigenvalue weighted by Crippen LogP contribution is -2.40. The van der Waals surface area contributed by atoms with E-state index in [1.807, 2.05) is 0 Å². The molecule has 0 aliphatic rings. The van der Waals surface area contributed by atoms with E-state index in [0.29, 0.717) is 21.3 Å². The van der Waals surface area contributed by atoms with Crippen molar-refractivity contribution in [2.75, 3.05) is 7.11 Å². The third-order valence-electron chi connectivity index (χ3n) is 3.24. The summed E-state index contributed by atoms with van der Waals surface area (Å²) in [6.07, 6.45) is 2.67. The van der Waals surface area contributed by atoms with Crippen molar-refractivity contribution in [2.45, 2.75) is 0 Å². The summed E-state index contributed by atoms with van der Waals surface area (Å²) in [4.78, 5) is 33.8. The number of nitrogens with one attached hydrogen (secondary N) is 2. The van der Waals surface area contributed by atoms with Gasteiger partial charge in [-0.2, -0.15) is 0 Å². The van der Waals surface area contributed by atoms with Gasteiger partial charge in [0.2, 0.25) is 0 Å². The van der Waals surface area contributed by atoms with Crippen molar-refractivity contribution in [1.82, 2.24) is 10.9 Å². The minimum atomic E-state index is -0.552. The maximum Gasteiger partial charge on any atom is 0.269 e. The average molecular weight is 420 g/mol. The first kappa shape index (κ1) is 19.1. The maximum absolute atomic E-state index is 12.0. The molecule has 0 radical (unpaired) electrons. The number of non-ortho nitro benzene ring substituents is 1. The van der Waals surface area contributed by atoms with Gasteiger partial charge in [0, 0.05) is 23.8 Å². The Hall–Kier alpha value is -3.20. The molecule has 0 unspecified atom stereocenters. The van der Waals surface area contributed by atoms with Crippen LogP contribution >= 0.6 is 15.9 Å². The van der Waals surface area contributed by atoms with Crippen LogP contribution in [-0.4, -0.2) is 23.8 Å². The third-order valence-corrected chi connectivity index (χ3v) is 3.86. The molecule has 0 fully saturated rings. The molecule has 2 aromatic rings. The summed E-state index contributed by atoms with van der Waals surface area (Å²) in [6.45, 7) is 0. The molecule has 0 heterocycles. The van der Waals surface area contributed by atoms with Crippen molar-refractivity contribution < 1.29 is 19.2 Å². The number of ether oxygens (including phenoxy) is 1. The number of hydrogen-bond donors (Lipinski definition) is 2. The molecule has 134 valence electrons. The Kier molecular flexibility index (Phi) is 6.45. The zero-order valence-electron chi connectivity index (χ0n) is 13.6. The monoisotopic (exact) mass is 419 g/mol. The van der Waals surface area contributed by atoms with E-state index in [0.717, 1.165) is 0 Å². The van der Waals surface area contributed by atoms with Gasteiger partial charge in [0.15, 0.2) is 0 Å². The molecule has 8 nitrogen and oxygen atoms in total. The first-order valence-corrected chi connectivity index (χ1v) is 8.06. The second-order valence-corrected chi connectivity index (χ2v) is 5.83. The molecule has 0 spiro atoms. The molecule has 0 aromatic heterocycles. The largest absolute Gasteiger partial charge is 0.496 e. The number of nitro benzene ring substituents is 1. The Morgan fingerprint density at radius 2 is 1.85 bits per heavy atom. The molecule has 2 aromatic carbocycles. The first-order chi connectivity index (χ1) is 12.4. The van der Waals surface area contributed by atoms with Gasteiger partial charge in [0.1, 0.15) is 5.75 Å². The van der Waals surface area contributed by atoms with Gasteiger partial charge in [0.05, 0.1) is 16.5 Å². The number of benzene rings is 2. The molecular formula is C17H14BrN3O5. The predicted octanol–water partition coefficient (Wildman–Crippen LogP) is 2.84. The van der Waals surface area contributed by atoms with E-state index in [1.165, 1.54) is 43.5 Å². The van der Waals surface area contributed by atoms with Gasteiger partial charge in [0.25, 0.3) is 17.5 Å². The summed E-state index contributed by atoms with van der Waals surface area (Å²) in [5.41, 5.74) is 5.43. The van der Waals surface area contributed by atoms with Gasteiger partial charge >= 0.3 is 0 Å². The average Bonchev–Trinajstić information content (AvgIpc) is 2.64. The Balaban J connectivity index is 1.90. The van der Waals surface area contributed by atoms with Crippen LogP contribution < -0.4 is 15.6 Å². The maximum atomic E-state index is 12.0. The third kappa shape index (κ3) is 5.15. The van der Waals surface area contributed by atoms with Crippen LogP contribution in [-0.2, 0) is 4.79 Å². The number of nitrogens with zero attached hydrogens (tertiary/aromatic N) is 1. The van der Waals surface area contributed by atoms with Crippen LogP contribution in [0, 0.1) is 10.1 Å². The predicted molar refractivity (Wildman–Crippen MR) is 98.4 cm³/mol. The molecule has 0 saturated heterocycles. The standard InChI is InChI=1S/C17H14BrN3O5/c1-26-15-8-5-12(10-14(15)18)17(23)20-19-16(22)9-4-11-2-6-13(7-3-11)21(24)25/h2-10H,1H3,(H,19,22)(H,20,23)/b9-4+. The van der Waals surface area contributed by atoms with Gasteiger partial charge in [-0.25, -0.2) is 0 Å². The lowest BCUT2D eigenvalue weighted by Gasteiger charge is -2.07. The summed E-state index contributed by atoms with van der Waals surface area (Å²) in [7, 11) is 1.51. The summed E-state index contributed by atoms with van der Waals surface area (Å²) in [6, 6.07) is 10.4. The van der Waals surface area contributed by atoms with Gasteiger partial charge in [-0.05, 0) is 57.9 Å². The Bertz CT molecular complexity index is 865. The van der Waals surface area contributed by atoms with Gasteiger partial charge in [-0.3, -0.25) is 30.6 Å². The highest BCUT2D eigenvalue weighted by Crippen LogP contribution is 2.25. The van der Waals surface area contributed by atoms with Gasteiger partial charge in [-0.1, -0.05) is 0 Å². The van der Waals surface area contributed by atoms with Crippen LogP contribution in [0.4, 0.5) is 5.69 Å². The molecule has 26 heavy (non-hydrogen) atoms. The highest BCUT2D eigenvalue weighted by Gasteiger charge is 2.09. The molecule has 2 amide bonds. The second kappa shape index (κ2) is 8.77. The fourth-order valence-corrected chi connectivity index (χ4v) is 2.46. The van der Waals surface area contributed by atoms with Crippen molar-refractivity contribution >= 4 is 39.5 Å². The smallest absolute Gasteiger partial charge is 0.269 e. The fourth-order valence-electron chi connectivity index (χ4n) is 1.92. The van der Waals surface area contributed by atoms with Crippen LogP contribution in [0.25, 0.3) is 6.08 Å². The second-order valence-electron chi connectivity index (χ2n) is 4.97.